The molecule has 3 aromatic rings. The molecule has 2 aromatic carbocycles. The second kappa shape index (κ2) is 4.57. The zero-order valence-electron chi connectivity index (χ0n) is 9.05. The zero-order valence-corrected chi connectivity index (χ0v) is 12.1. The Morgan fingerprint density at radius 1 is 1.11 bits per heavy atom. The Balaban J connectivity index is 2.23. The van der Waals surface area contributed by atoms with Crippen molar-refractivity contribution in [3.63, 3.8) is 0 Å². The highest BCUT2D eigenvalue weighted by atomic mass is 79.9. The molecular formula is C13H7BrCl2N2. The number of fused-ring (bicyclic) bond motifs is 1. The predicted molar refractivity (Wildman–Crippen MR) is 79.2 cm³/mol. The molecule has 5 heteroatoms. The largest absolute Gasteiger partial charge is 0.338 e. The number of halogens is 3. The van der Waals surface area contributed by atoms with Crippen molar-refractivity contribution in [2.75, 3.05) is 0 Å². The monoisotopic (exact) mass is 340 g/mol. The van der Waals surface area contributed by atoms with Crippen LogP contribution in [0, 0.1) is 0 Å². The molecule has 0 amide bonds. The Labute approximate surface area is 122 Å². The van der Waals surface area contributed by atoms with Crippen LogP contribution >= 0.6 is 39.1 Å². The number of aromatic amines is 1. The van der Waals surface area contributed by atoms with Crippen LogP contribution in [0.2, 0.25) is 10.0 Å². The molecule has 0 aliphatic carbocycles. The number of rotatable bonds is 1. The van der Waals surface area contributed by atoms with Crippen molar-refractivity contribution in [3.05, 3.63) is 50.9 Å². The summed E-state index contributed by atoms with van der Waals surface area (Å²) in [5.41, 5.74) is 2.64. The van der Waals surface area contributed by atoms with E-state index < -0.39 is 0 Å². The number of nitrogens with zero attached hydrogens (tertiary/aromatic N) is 1. The summed E-state index contributed by atoms with van der Waals surface area (Å²) >= 11 is 15.5. The molecule has 0 saturated heterocycles. The van der Waals surface area contributed by atoms with Crippen LogP contribution in [0.5, 0.6) is 0 Å². The van der Waals surface area contributed by atoms with Gasteiger partial charge in [0, 0.05) is 15.1 Å². The molecule has 1 aromatic heterocycles. The number of benzene rings is 2. The normalized spacial score (nSPS) is 11.1. The Kier molecular flexibility index (Phi) is 3.06. The molecular weight excluding hydrogens is 335 g/mol. The maximum atomic E-state index is 6.11. The van der Waals surface area contributed by atoms with Crippen LogP contribution in [-0.4, -0.2) is 9.97 Å². The first kappa shape index (κ1) is 12.0. The Bertz CT molecular complexity index is 737. The molecule has 0 fully saturated rings. The fraction of sp³-hybridized carbons (Fsp3) is 0. The van der Waals surface area contributed by atoms with Gasteiger partial charge in [0.15, 0.2) is 0 Å². The summed E-state index contributed by atoms with van der Waals surface area (Å²) in [7, 11) is 0. The standard InChI is InChI=1S/C13H7BrCl2N2/c14-9-6-7(15)4-5-8(9)13-17-11-3-1-2-10(16)12(11)18-13/h1-6H,(H,17,18). The minimum Gasteiger partial charge on any atom is -0.338 e. The Hall–Kier alpha value is -1.03. The highest BCUT2D eigenvalue weighted by molar-refractivity contribution is 9.10. The Morgan fingerprint density at radius 3 is 2.67 bits per heavy atom. The summed E-state index contributed by atoms with van der Waals surface area (Å²) in [6, 6.07) is 11.2. The summed E-state index contributed by atoms with van der Waals surface area (Å²) in [6.45, 7) is 0. The van der Waals surface area contributed by atoms with Crippen LogP contribution in [0.4, 0.5) is 0 Å². The molecule has 2 nitrogen and oxygen atoms in total. The second-order valence-corrected chi connectivity index (χ2v) is 5.54. The van der Waals surface area contributed by atoms with Crippen molar-refractivity contribution >= 4 is 50.2 Å². The maximum absolute atomic E-state index is 6.11. The van der Waals surface area contributed by atoms with Gasteiger partial charge >= 0.3 is 0 Å². The fourth-order valence-electron chi connectivity index (χ4n) is 1.81. The number of hydrogen-bond donors (Lipinski definition) is 1. The van der Waals surface area contributed by atoms with Crippen LogP contribution in [0.25, 0.3) is 22.4 Å². The van der Waals surface area contributed by atoms with Gasteiger partial charge in [-0.15, -0.1) is 0 Å². The number of aromatic nitrogens is 2. The summed E-state index contributed by atoms with van der Waals surface area (Å²) in [5.74, 6) is 0.765. The van der Waals surface area contributed by atoms with Crippen LogP contribution in [0.15, 0.2) is 40.9 Å². The molecule has 0 unspecified atom stereocenters. The van der Waals surface area contributed by atoms with Gasteiger partial charge in [-0.1, -0.05) is 29.3 Å². The van der Waals surface area contributed by atoms with Gasteiger partial charge in [-0.2, -0.15) is 0 Å². The first-order valence-corrected chi connectivity index (χ1v) is 6.80. The zero-order chi connectivity index (χ0) is 12.7. The van der Waals surface area contributed by atoms with E-state index in [9.17, 15) is 0 Å². The van der Waals surface area contributed by atoms with Gasteiger partial charge < -0.3 is 4.98 Å². The molecule has 0 atom stereocenters. The second-order valence-electron chi connectivity index (χ2n) is 3.85. The fourth-order valence-corrected chi connectivity index (χ4v) is 2.89. The number of para-hydroxylation sites is 1. The van der Waals surface area contributed by atoms with Gasteiger partial charge in [0.1, 0.15) is 11.3 Å². The van der Waals surface area contributed by atoms with Crippen LogP contribution in [0.3, 0.4) is 0 Å². The average molecular weight is 342 g/mol. The summed E-state index contributed by atoms with van der Waals surface area (Å²) in [4.78, 5) is 7.76. The van der Waals surface area contributed by atoms with E-state index in [2.05, 4.69) is 25.9 Å². The summed E-state index contributed by atoms with van der Waals surface area (Å²) in [6.07, 6.45) is 0. The van der Waals surface area contributed by atoms with Crippen LogP contribution in [-0.2, 0) is 0 Å². The van der Waals surface area contributed by atoms with Gasteiger partial charge in [-0.25, -0.2) is 4.98 Å². The molecule has 0 radical (unpaired) electrons. The van der Waals surface area contributed by atoms with Crippen LogP contribution in [0.1, 0.15) is 0 Å². The number of nitrogens with one attached hydrogen (secondary N) is 1. The highest BCUT2D eigenvalue weighted by Gasteiger charge is 2.10. The van der Waals surface area contributed by atoms with Gasteiger partial charge in [-0.05, 0) is 46.3 Å². The molecule has 18 heavy (non-hydrogen) atoms. The van der Waals surface area contributed by atoms with Crippen molar-refractivity contribution in [1.29, 1.82) is 0 Å². The highest BCUT2D eigenvalue weighted by Crippen LogP contribution is 2.31. The van der Waals surface area contributed by atoms with E-state index in [-0.39, 0.29) is 0 Å². The average Bonchev–Trinajstić information content (AvgIpc) is 2.74. The quantitative estimate of drug-likeness (QED) is 0.639. The van der Waals surface area contributed by atoms with Crippen molar-refractivity contribution in [2.45, 2.75) is 0 Å². The van der Waals surface area contributed by atoms with E-state index in [1.165, 1.54) is 0 Å². The lowest BCUT2D eigenvalue weighted by Gasteiger charge is -2.00. The third-order valence-corrected chi connectivity index (χ3v) is 3.85. The van der Waals surface area contributed by atoms with E-state index >= 15 is 0 Å². The number of imidazole rings is 1. The molecule has 90 valence electrons. The lowest BCUT2D eigenvalue weighted by molar-refractivity contribution is 1.33. The molecule has 0 aliphatic heterocycles. The third kappa shape index (κ3) is 2.03. The molecule has 1 N–H and O–H groups in total. The first-order valence-electron chi connectivity index (χ1n) is 5.25. The van der Waals surface area contributed by atoms with Crippen molar-refractivity contribution < 1.29 is 0 Å². The molecule has 3 rings (SSSR count). The van der Waals surface area contributed by atoms with E-state index in [4.69, 9.17) is 23.2 Å². The number of H-pyrrole nitrogens is 1. The number of hydrogen-bond acceptors (Lipinski definition) is 1. The smallest absolute Gasteiger partial charge is 0.139 e. The molecule has 0 aliphatic rings. The molecule has 0 spiro atoms. The van der Waals surface area contributed by atoms with E-state index in [1.807, 2.05) is 36.4 Å². The first-order chi connectivity index (χ1) is 8.65. The van der Waals surface area contributed by atoms with Crippen molar-refractivity contribution in [1.82, 2.24) is 9.97 Å². The predicted octanol–water partition coefficient (Wildman–Crippen LogP) is 5.30. The molecule has 0 bridgehead atoms. The van der Waals surface area contributed by atoms with E-state index in [0.29, 0.717) is 10.0 Å². The van der Waals surface area contributed by atoms with E-state index in [0.717, 1.165) is 26.9 Å². The lowest BCUT2D eigenvalue weighted by atomic mass is 10.2. The Morgan fingerprint density at radius 2 is 1.94 bits per heavy atom. The topological polar surface area (TPSA) is 28.7 Å². The van der Waals surface area contributed by atoms with Crippen LogP contribution < -0.4 is 0 Å². The van der Waals surface area contributed by atoms with Gasteiger partial charge in [0.25, 0.3) is 0 Å². The van der Waals surface area contributed by atoms with Crippen molar-refractivity contribution in [3.8, 4) is 11.4 Å². The minimum absolute atomic E-state index is 0.639. The van der Waals surface area contributed by atoms with Crippen molar-refractivity contribution in [2.24, 2.45) is 0 Å². The minimum atomic E-state index is 0.639. The lowest BCUT2D eigenvalue weighted by Crippen LogP contribution is -1.82. The SMILES string of the molecule is Clc1ccc(-c2nc3c(Cl)cccc3[nH]2)c(Br)c1. The molecule has 0 saturated carbocycles. The van der Waals surface area contributed by atoms with Gasteiger partial charge in [0.05, 0.1) is 10.5 Å². The van der Waals surface area contributed by atoms with Gasteiger partial charge in [0.2, 0.25) is 0 Å². The molecule has 1 heterocycles. The maximum Gasteiger partial charge on any atom is 0.139 e. The third-order valence-electron chi connectivity index (χ3n) is 2.65. The summed E-state index contributed by atoms with van der Waals surface area (Å²) < 4.78 is 0.894. The van der Waals surface area contributed by atoms with E-state index in [1.54, 1.807) is 0 Å². The summed E-state index contributed by atoms with van der Waals surface area (Å²) in [5, 5.41) is 1.32. The van der Waals surface area contributed by atoms with Gasteiger partial charge in [-0.3, -0.25) is 0 Å².